The number of likely N-dealkylation sites (N-methyl/N-ethyl adjacent to an activating group) is 1. The van der Waals surface area contributed by atoms with E-state index in [1.54, 1.807) is 0 Å². The molecule has 1 unspecified atom stereocenters. The predicted octanol–water partition coefficient (Wildman–Crippen LogP) is 9.85. The Morgan fingerprint density at radius 2 is 0.733 bits per heavy atom. The number of hydrogen-bond acceptors (Lipinski definition) is 0. The molecule has 0 saturated carbocycles. The Morgan fingerprint density at radius 1 is 0.467 bits per heavy atom. The van der Waals surface area contributed by atoms with Gasteiger partial charge in [0, 0.05) is 0 Å². The highest BCUT2D eigenvalue weighted by molar-refractivity contribution is 4.65. The van der Waals surface area contributed by atoms with Gasteiger partial charge in [0.1, 0.15) is 0 Å². The van der Waals surface area contributed by atoms with Crippen molar-refractivity contribution >= 4 is 0 Å². The summed E-state index contributed by atoms with van der Waals surface area (Å²) < 4.78 is 1.22. The maximum absolute atomic E-state index is 4.03. The van der Waals surface area contributed by atoms with Crippen molar-refractivity contribution in [1.82, 2.24) is 0 Å². The van der Waals surface area contributed by atoms with E-state index in [0.717, 1.165) is 6.54 Å². The highest BCUT2D eigenvalue weighted by Gasteiger charge is 2.18. The van der Waals surface area contributed by atoms with Crippen molar-refractivity contribution < 1.29 is 4.48 Å². The summed E-state index contributed by atoms with van der Waals surface area (Å²) in [4.78, 5) is 0. The van der Waals surface area contributed by atoms with Gasteiger partial charge in [0.25, 0.3) is 0 Å². The van der Waals surface area contributed by atoms with E-state index in [9.17, 15) is 0 Å². The zero-order valence-corrected chi connectivity index (χ0v) is 21.7. The van der Waals surface area contributed by atoms with Gasteiger partial charge in [0.15, 0.2) is 0 Å². The van der Waals surface area contributed by atoms with Crippen LogP contribution >= 0.6 is 0 Å². The van der Waals surface area contributed by atoms with E-state index in [0.29, 0.717) is 0 Å². The fourth-order valence-electron chi connectivity index (χ4n) is 4.74. The molecule has 0 aromatic carbocycles. The summed E-state index contributed by atoms with van der Waals surface area (Å²) in [5, 5.41) is 0. The zero-order chi connectivity index (χ0) is 22.2. The second kappa shape index (κ2) is 23.4. The van der Waals surface area contributed by atoms with E-state index in [2.05, 4.69) is 33.6 Å². The van der Waals surface area contributed by atoms with Gasteiger partial charge in [0.2, 0.25) is 0 Å². The lowest BCUT2D eigenvalue weighted by Crippen LogP contribution is -2.45. The molecule has 0 aromatic heterocycles. The van der Waals surface area contributed by atoms with Gasteiger partial charge in [0.05, 0.1) is 26.7 Å². The quantitative estimate of drug-likeness (QED) is 0.0779. The van der Waals surface area contributed by atoms with Crippen LogP contribution in [0.4, 0.5) is 0 Å². The first-order valence-electron chi connectivity index (χ1n) is 14.1. The molecular formula is C29H60N+. The predicted molar refractivity (Wildman–Crippen MR) is 139 cm³/mol. The molecule has 0 bridgehead atoms. The van der Waals surface area contributed by atoms with Crippen LogP contribution in [0.1, 0.15) is 149 Å². The Bertz CT molecular complexity index is 337. The van der Waals surface area contributed by atoms with E-state index in [1.165, 1.54) is 152 Å². The van der Waals surface area contributed by atoms with E-state index in [-0.39, 0.29) is 0 Å². The van der Waals surface area contributed by atoms with Crippen LogP contribution in [0.3, 0.4) is 0 Å². The normalized spacial score (nSPS) is 13.4. The number of hydrogen-bond donors (Lipinski definition) is 0. The summed E-state index contributed by atoms with van der Waals surface area (Å²) in [6, 6.07) is 0. The third-order valence-corrected chi connectivity index (χ3v) is 6.92. The van der Waals surface area contributed by atoms with Gasteiger partial charge in [-0.25, -0.2) is 0 Å². The number of unbranched alkanes of at least 4 members (excludes halogenated alkanes) is 19. The second-order valence-corrected chi connectivity index (χ2v) is 10.3. The molecule has 30 heavy (non-hydrogen) atoms. The minimum Gasteiger partial charge on any atom is -0.323 e. The smallest absolute Gasteiger partial charge is 0.0969 e. The third-order valence-electron chi connectivity index (χ3n) is 6.92. The minimum absolute atomic E-state index is 1.15. The summed E-state index contributed by atoms with van der Waals surface area (Å²) in [5.41, 5.74) is 0. The minimum atomic E-state index is 1.15. The van der Waals surface area contributed by atoms with E-state index in [4.69, 9.17) is 0 Å². The van der Waals surface area contributed by atoms with Crippen LogP contribution in [0.15, 0.2) is 12.7 Å². The topological polar surface area (TPSA) is 0 Å². The molecular weight excluding hydrogens is 362 g/mol. The molecule has 0 saturated heterocycles. The maximum Gasteiger partial charge on any atom is 0.0969 e. The molecule has 0 spiro atoms. The lowest BCUT2D eigenvalue weighted by atomic mass is 10.1. The molecule has 0 aliphatic carbocycles. The third kappa shape index (κ3) is 21.0. The largest absolute Gasteiger partial charge is 0.323 e. The van der Waals surface area contributed by atoms with Crippen molar-refractivity contribution in [1.29, 1.82) is 0 Å². The molecule has 0 heterocycles. The monoisotopic (exact) mass is 422 g/mol. The Morgan fingerprint density at radius 3 is 1.00 bits per heavy atom. The molecule has 0 N–H and O–H groups in total. The van der Waals surface area contributed by atoms with Gasteiger partial charge in [-0.15, -0.1) is 0 Å². The van der Waals surface area contributed by atoms with Crippen LogP contribution in [0, 0.1) is 0 Å². The van der Waals surface area contributed by atoms with Crippen molar-refractivity contribution in [2.24, 2.45) is 0 Å². The first-order valence-corrected chi connectivity index (χ1v) is 14.1. The molecule has 0 radical (unpaired) electrons. The molecule has 0 amide bonds. The molecule has 0 aromatic rings. The van der Waals surface area contributed by atoms with Gasteiger partial charge in [-0.05, 0) is 31.8 Å². The van der Waals surface area contributed by atoms with E-state index >= 15 is 0 Å². The van der Waals surface area contributed by atoms with Gasteiger partial charge in [-0.2, -0.15) is 0 Å². The van der Waals surface area contributed by atoms with Crippen LogP contribution < -0.4 is 0 Å². The van der Waals surface area contributed by atoms with Crippen molar-refractivity contribution in [2.45, 2.75) is 149 Å². The maximum atomic E-state index is 4.03. The summed E-state index contributed by atoms with van der Waals surface area (Å²) >= 11 is 0. The Labute approximate surface area is 192 Å². The molecule has 0 fully saturated rings. The van der Waals surface area contributed by atoms with E-state index < -0.39 is 0 Å². The lowest BCUT2D eigenvalue weighted by molar-refractivity contribution is -0.904. The first kappa shape index (κ1) is 29.7. The van der Waals surface area contributed by atoms with Gasteiger partial charge >= 0.3 is 0 Å². The average molecular weight is 423 g/mol. The fraction of sp³-hybridized carbons (Fsp3) is 0.931. The Balaban J connectivity index is 3.60. The molecule has 0 rings (SSSR count). The highest BCUT2D eigenvalue weighted by Crippen LogP contribution is 2.15. The first-order chi connectivity index (χ1) is 14.7. The standard InChI is InChI=1S/C29H60N/c1-5-8-10-12-14-16-18-20-22-24-26-29-30(4,27-7-3)28-25-23-21-19-17-15-13-11-9-6-2/h7H,3,5-6,8-29H2,1-2,4H3/q+1. The Kier molecular flexibility index (Phi) is 23.1. The highest BCUT2D eigenvalue weighted by atomic mass is 15.3. The van der Waals surface area contributed by atoms with Crippen LogP contribution in [-0.4, -0.2) is 31.2 Å². The van der Waals surface area contributed by atoms with Crippen LogP contribution in [-0.2, 0) is 0 Å². The lowest BCUT2D eigenvalue weighted by Gasteiger charge is -2.34. The SMILES string of the molecule is C=CC[N+](C)(CCCCCCCCCCCC)CCCCCCCCCCCCC. The van der Waals surface area contributed by atoms with Crippen molar-refractivity contribution in [3.05, 3.63) is 12.7 Å². The number of quaternary nitrogens is 1. The van der Waals surface area contributed by atoms with Crippen LogP contribution in [0.25, 0.3) is 0 Å². The molecule has 1 atom stereocenters. The molecule has 180 valence electrons. The Hall–Kier alpha value is -0.300. The number of rotatable bonds is 25. The summed E-state index contributed by atoms with van der Waals surface area (Å²) in [6.07, 6.45) is 32.3. The summed E-state index contributed by atoms with van der Waals surface area (Å²) in [5.74, 6) is 0. The number of nitrogens with zero attached hydrogens (tertiary/aromatic N) is 1. The zero-order valence-electron chi connectivity index (χ0n) is 21.7. The summed E-state index contributed by atoms with van der Waals surface area (Å²) in [7, 11) is 2.46. The van der Waals surface area contributed by atoms with E-state index in [1.807, 2.05) is 0 Å². The molecule has 0 aliphatic rings. The van der Waals surface area contributed by atoms with Gasteiger partial charge < -0.3 is 4.48 Å². The fourth-order valence-corrected chi connectivity index (χ4v) is 4.74. The molecule has 1 heteroatoms. The summed E-state index contributed by atoms with van der Waals surface area (Å²) in [6.45, 7) is 12.5. The van der Waals surface area contributed by atoms with Crippen molar-refractivity contribution in [2.75, 3.05) is 26.7 Å². The molecule has 1 nitrogen and oxygen atoms in total. The van der Waals surface area contributed by atoms with Gasteiger partial charge in [-0.1, -0.05) is 130 Å². The van der Waals surface area contributed by atoms with Gasteiger partial charge in [-0.3, -0.25) is 0 Å². The van der Waals surface area contributed by atoms with Crippen molar-refractivity contribution in [3.8, 4) is 0 Å². The molecule has 0 aliphatic heterocycles. The van der Waals surface area contributed by atoms with Crippen LogP contribution in [0.5, 0.6) is 0 Å². The average Bonchev–Trinajstić information content (AvgIpc) is 2.73. The van der Waals surface area contributed by atoms with Crippen LogP contribution in [0.2, 0.25) is 0 Å². The van der Waals surface area contributed by atoms with Crippen molar-refractivity contribution in [3.63, 3.8) is 0 Å². The second-order valence-electron chi connectivity index (χ2n) is 10.3.